The molecule has 0 saturated carbocycles. The number of nitrogen functional groups attached to an aromatic ring is 1. The minimum Gasteiger partial charge on any atom is -0.497 e. The van der Waals surface area contributed by atoms with E-state index in [0.29, 0.717) is 18.5 Å². The van der Waals surface area contributed by atoms with Gasteiger partial charge in [0.2, 0.25) is 0 Å². The smallest absolute Gasteiger partial charge is 0.410 e. The van der Waals surface area contributed by atoms with E-state index in [4.69, 9.17) is 15.2 Å². The largest absolute Gasteiger partial charge is 0.497 e. The van der Waals surface area contributed by atoms with Gasteiger partial charge in [0, 0.05) is 18.7 Å². The lowest BCUT2D eigenvalue weighted by Gasteiger charge is -2.32. The average Bonchev–Trinajstić information content (AvgIpc) is 3.31. The Bertz CT molecular complexity index is 1390. The van der Waals surface area contributed by atoms with Crippen molar-refractivity contribution in [3.05, 3.63) is 100 Å². The molecule has 1 amide bonds. The Kier molecular flexibility index (Phi) is 8.93. The van der Waals surface area contributed by atoms with Crippen molar-refractivity contribution in [2.45, 2.75) is 58.1 Å². The molecular weight excluding hydrogens is 507 g/mol. The maximum absolute atomic E-state index is 13.3. The van der Waals surface area contributed by atoms with E-state index in [0.717, 1.165) is 40.8 Å². The summed E-state index contributed by atoms with van der Waals surface area (Å²) in [5.74, 6) is 0.251. The summed E-state index contributed by atoms with van der Waals surface area (Å²) in [5, 5.41) is 0. The Hall–Kier alpha value is -4.13. The molecular formula is C33H37FN2O4. The van der Waals surface area contributed by atoms with Gasteiger partial charge < -0.3 is 20.1 Å². The van der Waals surface area contributed by atoms with Crippen LogP contribution in [0.4, 0.5) is 14.9 Å². The average molecular weight is 545 g/mol. The molecule has 1 atom stereocenters. The summed E-state index contributed by atoms with van der Waals surface area (Å²) in [6.45, 7) is 6.15. The van der Waals surface area contributed by atoms with Crippen LogP contribution < -0.4 is 10.5 Å². The molecule has 3 aromatic carbocycles. The lowest BCUT2D eigenvalue weighted by atomic mass is 10.0. The molecule has 0 aromatic heterocycles. The monoisotopic (exact) mass is 544 g/mol. The Balaban J connectivity index is 1.48. The molecule has 7 heteroatoms. The lowest BCUT2D eigenvalue weighted by Crippen LogP contribution is -2.40. The van der Waals surface area contributed by atoms with E-state index < -0.39 is 11.4 Å². The van der Waals surface area contributed by atoms with E-state index in [-0.39, 0.29) is 30.0 Å². The number of ketones is 1. The van der Waals surface area contributed by atoms with Gasteiger partial charge in [-0.25, -0.2) is 9.18 Å². The molecule has 0 bridgehead atoms. The fraction of sp³-hybridized carbons (Fsp3) is 0.333. The maximum atomic E-state index is 13.3. The van der Waals surface area contributed by atoms with Crippen LogP contribution in [-0.2, 0) is 28.8 Å². The minimum atomic E-state index is -0.601. The summed E-state index contributed by atoms with van der Waals surface area (Å²) in [7, 11) is 1.64. The number of ether oxygens (including phenoxy) is 2. The number of rotatable bonds is 9. The van der Waals surface area contributed by atoms with E-state index >= 15 is 0 Å². The number of benzene rings is 3. The number of fused-ring (bicyclic) bond motifs is 1. The van der Waals surface area contributed by atoms with Crippen molar-refractivity contribution in [1.29, 1.82) is 0 Å². The zero-order valence-corrected chi connectivity index (χ0v) is 23.6. The molecule has 6 nitrogen and oxygen atoms in total. The van der Waals surface area contributed by atoms with E-state index in [1.807, 2.05) is 62.1 Å². The predicted octanol–water partition coefficient (Wildman–Crippen LogP) is 6.71. The van der Waals surface area contributed by atoms with Gasteiger partial charge in [-0.1, -0.05) is 42.5 Å². The SMILES string of the molecule is COc1ccc(CCN(C(=O)OC(C)(C)C)C2CCc3cc(/C=C/C(=O)Cc4ccc(F)cc4N)ccc32)cc1. The third-order valence-electron chi connectivity index (χ3n) is 6.95. The van der Waals surface area contributed by atoms with Crippen molar-refractivity contribution >= 4 is 23.6 Å². The fourth-order valence-corrected chi connectivity index (χ4v) is 4.94. The molecule has 1 unspecified atom stereocenters. The van der Waals surface area contributed by atoms with Gasteiger partial charge in [-0.15, -0.1) is 0 Å². The molecule has 1 aliphatic carbocycles. The van der Waals surface area contributed by atoms with Crippen LogP contribution in [0.15, 0.2) is 66.7 Å². The van der Waals surface area contributed by atoms with Crippen molar-refractivity contribution in [1.82, 2.24) is 4.90 Å². The number of anilines is 1. The number of halogens is 1. The Labute approximate surface area is 235 Å². The summed E-state index contributed by atoms with van der Waals surface area (Å²) >= 11 is 0. The van der Waals surface area contributed by atoms with Crippen molar-refractivity contribution < 1.29 is 23.5 Å². The van der Waals surface area contributed by atoms with Crippen LogP contribution in [0.25, 0.3) is 6.08 Å². The first kappa shape index (κ1) is 28.9. The molecule has 0 heterocycles. The van der Waals surface area contributed by atoms with E-state index in [9.17, 15) is 14.0 Å². The number of hydrogen-bond acceptors (Lipinski definition) is 5. The van der Waals surface area contributed by atoms with Gasteiger partial charge in [0.05, 0.1) is 13.2 Å². The molecule has 4 rings (SSSR count). The van der Waals surface area contributed by atoms with Gasteiger partial charge in [-0.2, -0.15) is 0 Å². The normalized spacial score (nSPS) is 14.7. The van der Waals surface area contributed by atoms with Crippen molar-refractivity contribution in [3.8, 4) is 5.75 Å². The molecule has 3 aromatic rings. The highest BCUT2D eigenvalue weighted by molar-refractivity contribution is 5.95. The van der Waals surface area contributed by atoms with Crippen LogP contribution >= 0.6 is 0 Å². The number of methoxy groups -OCH3 is 1. The van der Waals surface area contributed by atoms with Crippen LogP contribution in [0.2, 0.25) is 0 Å². The van der Waals surface area contributed by atoms with Crippen molar-refractivity contribution in [2.24, 2.45) is 0 Å². The second-order valence-electron chi connectivity index (χ2n) is 11.1. The highest BCUT2D eigenvalue weighted by atomic mass is 19.1. The number of allylic oxidation sites excluding steroid dienone is 1. The van der Waals surface area contributed by atoms with Gasteiger partial charge in [-0.3, -0.25) is 4.79 Å². The van der Waals surface area contributed by atoms with Gasteiger partial charge in [0.25, 0.3) is 0 Å². The second kappa shape index (κ2) is 12.4. The fourth-order valence-electron chi connectivity index (χ4n) is 4.94. The predicted molar refractivity (Wildman–Crippen MR) is 156 cm³/mol. The minimum absolute atomic E-state index is 0.0933. The number of carbonyl (C=O) groups excluding carboxylic acids is 2. The van der Waals surface area contributed by atoms with Crippen LogP contribution in [0, 0.1) is 5.82 Å². The van der Waals surface area contributed by atoms with Crippen LogP contribution in [0.1, 0.15) is 61.1 Å². The Morgan fingerprint density at radius 1 is 1.07 bits per heavy atom. The molecule has 0 spiro atoms. The molecule has 0 aliphatic heterocycles. The van der Waals surface area contributed by atoms with E-state index in [1.54, 1.807) is 13.2 Å². The van der Waals surface area contributed by atoms with E-state index in [2.05, 4.69) is 6.07 Å². The van der Waals surface area contributed by atoms with Crippen LogP contribution in [0.3, 0.4) is 0 Å². The summed E-state index contributed by atoms with van der Waals surface area (Å²) in [6, 6.07) is 17.9. The molecule has 2 N–H and O–H groups in total. The number of carbonyl (C=O) groups is 2. The Morgan fingerprint density at radius 3 is 2.50 bits per heavy atom. The summed E-state index contributed by atoms with van der Waals surface area (Å²) in [6.07, 6.45) is 5.40. The first-order chi connectivity index (χ1) is 19.0. The summed E-state index contributed by atoms with van der Waals surface area (Å²) < 4.78 is 24.3. The highest BCUT2D eigenvalue weighted by Gasteiger charge is 2.33. The van der Waals surface area contributed by atoms with Crippen LogP contribution in [-0.4, -0.2) is 36.0 Å². The second-order valence-corrected chi connectivity index (χ2v) is 11.1. The number of hydrogen-bond donors (Lipinski definition) is 1. The number of nitrogens with zero attached hydrogens (tertiary/aromatic N) is 1. The van der Waals surface area contributed by atoms with Crippen molar-refractivity contribution in [2.75, 3.05) is 19.4 Å². The molecule has 40 heavy (non-hydrogen) atoms. The third-order valence-corrected chi connectivity index (χ3v) is 6.95. The molecule has 0 radical (unpaired) electrons. The topological polar surface area (TPSA) is 81.9 Å². The van der Waals surface area contributed by atoms with Gasteiger partial charge in [-0.05, 0) is 98.2 Å². The maximum Gasteiger partial charge on any atom is 0.410 e. The lowest BCUT2D eigenvalue weighted by molar-refractivity contribution is -0.113. The van der Waals surface area contributed by atoms with Gasteiger partial charge in [0.15, 0.2) is 5.78 Å². The van der Waals surface area contributed by atoms with Crippen molar-refractivity contribution in [3.63, 3.8) is 0 Å². The number of amides is 1. The van der Waals surface area contributed by atoms with E-state index in [1.165, 1.54) is 24.3 Å². The van der Waals surface area contributed by atoms with Gasteiger partial charge >= 0.3 is 6.09 Å². The van der Waals surface area contributed by atoms with Gasteiger partial charge in [0.1, 0.15) is 17.2 Å². The third kappa shape index (κ3) is 7.50. The zero-order chi connectivity index (χ0) is 28.9. The first-order valence-corrected chi connectivity index (χ1v) is 13.5. The Morgan fingerprint density at radius 2 is 1.82 bits per heavy atom. The highest BCUT2D eigenvalue weighted by Crippen LogP contribution is 2.37. The molecule has 1 aliphatic rings. The summed E-state index contributed by atoms with van der Waals surface area (Å²) in [4.78, 5) is 27.7. The molecule has 0 saturated heterocycles. The van der Waals surface area contributed by atoms with Crippen LogP contribution in [0.5, 0.6) is 5.75 Å². The first-order valence-electron chi connectivity index (χ1n) is 13.5. The zero-order valence-electron chi connectivity index (χ0n) is 23.6. The standard InChI is InChI=1S/C33H37FN2O4/c1-33(2,3)40-32(38)36(18-17-22-6-13-28(39-4)14-7-22)31-16-10-24-19-23(8-15-29(24)31)5-12-27(37)20-25-9-11-26(34)21-30(25)35/h5-9,11-15,19,21,31H,10,16-18,20,35H2,1-4H3/b12-5+. The number of aryl methyl sites for hydroxylation is 1. The summed E-state index contributed by atoms with van der Waals surface area (Å²) in [5.41, 5.74) is 10.4. The quantitative estimate of drug-likeness (QED) is 0.239. The molecule has 0 fully saturated rings. The molecule has 210 valence electrons. The number of nitrogens with two attached hydrogens (primary N) is 1.